The van der Waals surface area contributed by atoms with Gasteiger partial charge >= 0.3 is 0 Å². The number of aliphatic hydroxyl groups excluding tert-OH is 1. The molecule has 2 bridgehead atoms. The highest BCUT2D eigenvalue weighted by Gasteiger charge is 2.45. The Hall–Kier alpha value is -3.84. The lowest BCUT2D eigenvalue weighted by atomic mass is 9.87. The fourth-order valence-electron chi connectivity index (χ4n) is 5.84. The number of carbonyl (C=O) groups is 1. The molecule has 0 radical (unpaired) electrons. The number of pyridine rings is 1. The molecule has 0 aliphatic carbocycles. The molecule has 6 heterocycles. The number of rotatable bonds is 5. The lowest BCUT2D eigenvalue weighted by Crippen LogP contribution is -2.47. The lowest BCUT2D eigenvalue weighted by molar-refractivity contribution is -0.138. The molecule has 4 aromatic rings. The topological polar surface area (TPSA) is 162 Å². The number of anilines is 1. The molecule has 12 nitrogen and oxygen atoms in total. The van der Waals surface area contributed by atoms with E-state index in [1.54, 1.807) is 34.4 Å². The van der Waals surface area contributed by atoms with E-state index in [1.807, 2.05) is 18.2 Å². The van der Waals surface area contributed by atoms with Crippen molar-refractivity contribution in [1.29, 1.82) is 0 Å². The number of nitrogen functional groups attached to an aromatic ring is 1. The van der Waals surface area contributed by atoms with Gasteiger partial charge in [0.05, 0.1) is 18.1 Å². The minimum atomic E-state index is -3.73. The number of aromatic nitrogens is 6. The number of sulfone groups is 1. The largest absolute Gasteiger partial charge is 0.387 e. The van der Waals surface area contributed by atoms with Crippen LogP contribution in [-0.2, 0) is 14.6 Å². The summed E-state index contributed by atoms with van der Waals surface area (Å²) in [4.78, 5) is 23.2. The molecule has 37 heavy (non-hydrogen) atoms. The molecule has 0 aromatic carbocycles. The molecule has 0 spiro atoms. The molecule has 2 aliphatic heterocycles. The van der Waals surface area contributed by atoms with E-state index >= 15 is 0 Å². The number of nitrogens with zero attached hydrogens (tertiary/aromatic N) is 7. The molecule has 3 N–H and O–H groups in total. The molecule has 6 rings (SSSR count). The average Bonchev–Trinajstić information content (AvgIpc) is 3.59. The van der Waals surface area contributed by atoms with E-state index in [4.69, 9.17) is 10.7 Å². The number of piperidine rings is 1. The Morgan fingerprint density at radius 2 is 1.92 bits per heavy atom. The molecule has 2 fully saturated rings. The maximum atomic E-state index is 12.9. The van der Waals surface area contributed by atoms with Crippen LogP contribution < -0.4 is 5.73 Å². The van der Waals surface area contributed by atoms with Crippen molar-refractivity contribution in [3.8, 4) is 16.9 Å². The summed E-state index contributed by atoms with van der Waals surface area (Å²) in [5, 5.41) is 18.2. The number of hydrogen-bond donors (Lipinski definition) is 2. The lowest BCUT2D eigenvalue weighted by Gasteiger charge is -2.39. The predicted octanol–water partition coefficient (Wildman–Crippen LogP) is 1.19. The van der Waals surface area contributed by atoms with Crippen LogP contribution in [0.3, 0.4) is 0 Å². The Morgan fingerprint density at radius 3 is 2.57 bits per heavy atom. The highest BCUT2D eigenvalue weighted by atomic mass is 32.2. The molecule has 1 amide bonds. The van der Waals surface area contributed by atoms with Crippen molar-refractivity contribution >= 4 is 27.2 Å². The summed E-state index contributed by atoms with van der Waals surface area (Å²) in [6.07, 6.45) is 10.6. The van der Waals surface area contributed by atoms with Crippen LogP contribution in [0.15, 0.2) is 47.9 Å². The number of aliphatic hydroxyl groups is 1. The molecule has 2 saturated heterocycles. The van der Waals surface area contributed by atoms with Crippen LogP contribution in [0.1, 0.15) is 37.3 Å². The van der Waals surface area contributed by atoms with Gasteiger partial charge < -0.3 is 15.7 Å². The van der Waals surface area contributed by atoms with Crippen LogP contribution in [0.25, 0.3) is 22.6 Å². The van der Waals surface area contributed by atoms with Gasteiger partial charge in [0.25, 0.3) is 0 Å². The van der Waals surface area contributed by atoms with Gasteiger partial charge in [-0.3, -0.25) is 4.79 Å². The summed E-state index contributed by atoms with van der Waals surface area (Å²) in [6, 6.07) is 5.38. The minimum Gasteiger partial charge on any atom is -0.387 e. The second-order valence-corrected chi connectivity index (χ2v) is 11.6. The molecular weight excluding hydrogens is 496 g/mol. The van der Waals surface area contributed by atoms with Crippen molar-refractivity contribution in [1.82, 2.24) is 34.3 Å². The first-order chi connectivity index (χ1) is 17.8. The summed E-state index contributed by atoms with van der Waals surface area (Å²) in [6.45, 7) is -0.533. The Balaban J connectivity index is 1.46. The molecule has 3 atom stereocenters. The van der Waals surface area contributed by atoms with Crippen LogP contribution in [0, 0.1) is 0 Å². The summed E-state index contributed by atoms with van der Waals surface area (Å²) >= 11 is 0. The Bertz CT molecular complexity index is 1600. The van der Waals surface area contributed by atoms with Gasteiger partial charge in [-0.05, 0) is 37.8 Å². The maximum Gasteiger partial charge on any atom is 0.248 e. The highest BCUT2D eigenvalue weighted by molar-refractivity contribution is 7.91. The molecule has 2 aliphatic rings. The molecule has 13 heteroatoms. The zero-order chi connectivity index (χ0) is 25.9. The highest BCUT2D eigenvalue weighted by Crippen LogP contribution is 2.45. The first kappa shape index (κ1) is 23.6. The van der Waals surface area contributed by atoms with Crippen molar-refractivity contribution in [2.45, 2.75) is 48.6 Å². The van der Waals surface area contributed by atoms with Gasteiger partial charge in [0, 0.05) is 47.8 Å². The maximum absolute atomic E-state index is 12.9. The van der Waals surface area contributed by atoms with Crippen molar-refractivity contribution in [2.75, 3.05) is 18.6 Å². The first-order valence-electron chi connectivity index (χ1n) is 12.0. The summed E-state index contributed by atoms with van der Waals surface area (Å²) < 4.78 is 28.8. The third-order valence-corrected chi connectivity index (χ3v) is 8.51. The van der Waals surface area contributed by atoms with Crippen LogP contribution in [0.2, 0.25) is 0 Å². The number of carbonyl (C=O) groups excluding carboxylic acids is 1. The Labute approximate surface area is 212 Å². The molecular formula is C24H26N8O4S. The van der Waals surface area contributed by atoms with Crippen molar-refractivity contribution in [3.63, 3.8) is 0 Å². The van der Waals surface area contributed by atoms with E-state index in [-0.39, 0.29) is 34.6 Å². The monoisotopic (exact) mass is 522 g/mol. The molecule has 0 saturated carbocycles. The van der Waals surface area contributed by atoms with Gasteiger partial charge in [-0.25, -0.2) is 23.1 Å². The van der Waals surface area contributed by atoms with Crippen molar-refractivity contribution < 1.29 is 18.3 Å². The van der Waals surface area contributed by atoms with E-state index in [0.717, 1.165) is 24.7 Å². The summed E-state index contributed by atoms with van der Waals surface area (Å²) in [5.74, 6) is 0.154. The van der Waals surface area contributed by atoms with Crippen molar-refractivity contribution in [3.05, 3.63) is 48.7 Å². The van der Waals surface area contributed by atoms with E-state index in [9.17, 15) is 18.3 Å². The Morgan fingerprint density at radius 1 is 1.16 bits per heavy atom. The van der Waals surface area contributed by atoms with Crippen LogP contribution >= 0.6 is 0 Å². The SMILES string of the molecule is CS(=O)(=O)c1c([C@@H]2C[C@H]3CC[C@@H](C2)N3C(=O)CO)nc2c(-c3cnn(-c4ccccn4)c3)cnn2c1N. The van der Waals surface area contributed by atoms with Gasteiger partial charge in [0.1, 0.15) is 17.3 Å². The fraction of sp³-hybridized carbons (Fsp3) is 0.375. The standard InChI is InChI=1S/C24H26N8O4S/c1-37(35,36)22-21(14-8-16-5-6-17(9-14)31(16)20(34)13-33)29-24-18(11-28-32(24)23(22)25)15-10-27-30(12-15)19-4-2-3-7-26-19/h2-4,7,10-12,14,16-17,33H,5-6,8-9,13,25H2,1H3/t14-,16-,17+. The second-order valence-electron chi connectivity index (χ2n) is 9.65. The van der Waals surface area contributed by atoms with Crippen LogP contribution in [-0.4, -0.2) is 78.6 Å². The number of amides is 1. The van der Waals surface area contributed by atoms with Gasteiger partial charge in [-0.15, -0.1) is 0 Å². The smallest absolute Gasteiger partial charge is 0.248 e. The fourth-order valence-corrected chi connectivity index (χ4v) is 6.90. The first-order valence-corrected chi connectivity index (χ1v) is 13.9. The van der Waals surface area contributed by atoms with E-state index in [2.05, 4.69) is 15.2 Å². The zero-order valence-electron chi connectivity index (χ0n) is 20.1. The zero-order valence-corrected chi connectivity index (χ0v) is 20.9. The van der Waals surface area contributed by atoms with Gasteiger partial charge in [-0.1, -0.05) is 6.07 Å². The number of fused-ring (bicyclic) bond motifs is 3. The van der Waals surface area contributed by atoms with Gasteiger partial charge in [0.15, 0.2) is 21.3 Å². The normalized spacial score (nSPS) is 21.6. The molecule has 192 valence electrons. The van der Waals surface area contributed by atoms with Crippen LogP contribution in [0.5, 0.6) is 0 Å². The number of nitrogens with two attached hydrogens (primary N) is 1. The predicted molar refractivity (Wildman–Crippen MR) is 134 cm³/mol. The van der Waals surface area contributed by atoms with Gasteiger partial charge in [-0.2, -0.15) is 14.7 Å². The second kappa shape index (κ2) is 8.63. The summed E-state index contributed by atoms with van der Waals surface area (Å²) in [7, 11) is -3.73. The quantitative estimate of drug-likeness (QED) is 0.392. The third kappa shape index (κ3) is 3.85. The number of hydrogen-bond acceptors (Lipinski definition) is 9. The summed E-state index contributed by atoms with van der Waals surface area (Å²) in [5.41, 5.74) is 8.66. The average molecular weight is 523 g/mol. The minimum absolute atomic E-state index is 0.00655. The molecule has 4 aromatic heterocycles. The van der Waals surface area contributed by atoms with E-state index in [1.165, 1.54) is 4.52 Å². The van der Waals surface area contributed by atoms with Gasteiger partial charge in [0.2, 0.25) is 5.91 Å². The van der Waals surface area contributed by atoms with E-state index in [0.29, 0.717) is 35.6 Å². The molecule has 0 unspecified atom stereocenters. The van der Waals surface area contributed by atoms with E-state index < -0.39 is 16.4 Å². The van der Waals surface area contributed by atoms with Crippen molar-refractivity contribution in [2.24, 2.45) is 0 Å². The van der Waals surface area contributed by atoms with Crippen LogP contribution in [0.4, 0.5) is 5.82 Å². The Kier molecular flexibility index (Phi) is 5.49. The third-order valence-electron chi connectivity index (χ3n) is 7.36.